The van der Waals surface area contributed by atoms with E-state index in [1.807, 2.05) is 57.2 Å². The lowest BCUT2D eigenvalue weighted by molar-refractivity contribution is -0.121. The van der Waals surface area contributed by atoms with E-state index in [0.717, 1.165) is 22.4 Å². The topological polar surface area (TPSA) is 50.4 Å². The summed E-state index contributed by atoms with van der Waals surface area (Å²) in [6.45, 7) is 5.87. The standard InChI is InChI=1S/C18H20N2O2S/c1-12-8-13(2)10-15(9-12)19-18(23)20-17(21)11-22-16-7-5-4-6-14(16)3/h4-10H,11H2,1-3H3,(H2,19,20,21,23). The molecule has 0 fully saturated rings. The molecule has 5 heteroatoms. The van der Waals surface area contributed by atoms with Crippen molar-refractivity contribution in [3.63, 3.8) is 0 Å². The monoisotopic (exact) mass is 328 g/mol. The van der Waals surface area contributed by atoms with Gasteiger partial charge in [-0.05, 0) is 67.9 Å². The van der Waals surface area contributed by atoms with Gasteiger partial charge in [-0.1, -0.05) is 24.3 Å². The largest absolute Gasteiger partial charge is 0.483 e. The van der Waals surface area contributed by atoms with Crippen LogP contribution in [0.4, 0.5) is 5.69 Å². The Morgan fingerprint density at radius 2 is 1.74 bits per heavy atom. The molecule has 2 aromatic rings. The van der Waals surface area contributed by atoms with Crippen molar-refractivity contribution in [1.29, 1.82) is 0 Å². The van der Waals surface area contributed by atoms with Crippen molar-refractivity contribution in [2.24, 2.45) is 0 Å². The van der Waals surface area contributed by atoms with Crippen LogP contribution in [-0.4, -0.2) is 17.6 Å². The van der Waals surface area contributed by atoms with Crippen LogP contribution in [0.1, 0.15) is 16.7 Å². The summed E-state index contributed by atoms with van der Waals surface area (Å²) in [5, 5.41) is 5.88. The maximum Gasteiger partial charge on any atom is 0.264 e. The number of amides is 1. The van der Waals surface area contributed by atoms with E-state index in [-0.39, 0.29) is 17.6 Å². The minimum Gasteiger partial charge on any atom is -0.483 e. The van der Waals surface area contributed by atoms with Gasteiger partial charge in [0.15, 0.2) is 11.7 Å². The zero-order chi connectivity index (χ0) is 16.8. The number of carbonyl (C=O) groups is 1. The molecule has 0 unspecified atom stereocenters. The predicted octanol–water partition coefficient (Wildman–Crippen LogP) is 3.50. The molecule has 120 valence electrons. The van der Waals surface area contributed by atoms with Crippen LogP contribution in [0.15, 0.2) is 42.5 Å². The lowest BCUT2D eigenvalue weighted by atomic mass is 10.1. The van der Waals surface area contributed by atoms with Gasteiger partial charge in [0.1, 0.15) is 5.75 Å². The first-order chi connectivity index (χ1) is 10.9. The van der Waals surface area contributed by atoms with Crippen LogP contribution < -0.4 is 15.4 Å². The summed E-state index contributed by atoms with van der Waals surface area (Å²) in [7, 11) is 0. The second-order valence-electron chi connectivity index (χ2n) is 5.43. The summed E-state index contributed by atoms with van der Waals surface area (Å²) < 4.78 is 5.49. The molecule has 4 nitrogen and oxygen atoms in total. The number of nitrogens with one attached hydrogen (secondary N) is 2. The van der Waals surface area contributed by atoms with Gasteiger partial charge < -0.3 is 10.1 Å². The highest BCUT2D eigenvalue weighted by Crippen LogP contribution is 2.16. The molecule has 1 amide bonds. The molecule has 0 aliphatic heterocycles. The maximum atomic E-state index is 11.9. The molecule has 0 spiro atoms. The Balaban J connectivity index is 1.85. The number of rotatable bonds is 4. The number of hydrogen-bond donors (Lipinski definition) is 2. The van der Waals surface area contributed by atoms with Crippen molar-refractivity contribution in [3.8, 4) is 5.75 Å². The van der Waals surface area contributed by atoms with Crippen molar-refractivity contribution in [2.75, 3.05) is 11.9 Å². The second kappa shape index (κ2) is 7.74. The molecule has 2 N–H and O–H groups in total. The van der Waals surface area contributed by atoms with Crippen LogP contribution in [0.2, 0.25) is 0 Å². The average molecular weight is 328 g/mol. The number of para-hydroxylation sites is 1. The second-order valence-corrected chi connectivity index (χ2v) is 5.84. The van der Waals surface area contributed by atoms with Crippen LogP contribution in [0.5, 0.6) is 5.75 Å². The zero-order valence-electron chi connectivity index (χ0n) is 13.5. The van der Waals surface area contributed by atoms with Crippen molar-refractivity contribution in [2.45, 2.75) is 20.8 Å². The SMILES string of the molecule is Cc1cc(C)cc(NC(=S)NC(=O)COc2ccccc2C)c1. The van der Waals surface area contributed by atoms with Gasteiger partial charge in [0.25, 0.3) is 5.91 Å². The molecule has 0 heterocycles. The van der Waals surface area contributed by atoms with E-state index in [1.54, 1.807) is 0 Å². The van der Waals surface area contributed by atoms with Gasteiger partial charge in [0.05, 0.1) is 0 Å². The molecule has 0 bridgehead atoms. The molecule has 2 aromatic carbocycles. The Labute approximate surface area is 141 Å². The van der Waals surface area contributed by atoms with Crippen molar-refractivity contribution in [3.05, 3.63) is 59.2 Å². The lowest BCUT2D eigenvalue weighted by Gasteiger charge is -2.12. The molecule has 0 saturated carbocycles. The molecule has 2 rings (SSSR count). The summed E-state index contributed by atoms with van der Waals surface area (Å²) in [6.07, 6.45) is 0. The molecule has 0 saturated heterocycles. The molecule has 0 aliphatic carbocycles. The fraction of sp³-hybridized carbons (Fsp3) is 0.222. The Kier molecular flexibility index (Phi) is 5.71. The van der Waals surface area contributed by atoms with Crippen LogP contribution in [-0.2, 0) is 4.79 Å². The lowest BCUT2D eigenvalue weighted by Crippen LogP contribution is -2.37. The number of aryl methyl sites for hydroxylation is 3. The van der Waals surface area contributed by atoms with E-state index in [2.05, 4.69) is 16.7 Å². The van der Waals surface area contributed by atoms with Gasteiger partial charge in [0.2, 0.25) is 0 Å². The maximum absolute atomic E-state index is 11.9. The summed E-state index contributed by atoms with van der Waals surface area (Å²) >= 11 is 5.16. The average Bonchev–Trinajstić information content (AvgIpc) is 2.45. The normalized spacial score (nSPS) is 10.0. The van der Waals surface area contributed by atoms with Gasteiger partial charge >= 0.3 is 0 Å². The molecule has 0 atom stereocenters. The number of hydrogen-bond acceptors (Lipinski definition) is 3. The first-order valence-electron chi connectivity index (χ1n) is 7.31. The van der Waals surface area contributed by atoms with E-state index >= 15 is 0 Å². The van der Waals surface area contributed by atoms with Gasteiger partial charge in [-0.3, -0.25) is 10.1 Å². The zero-order valence-corrected chi connectivity index (χ0v) is 14.3. The molecule has 23 heavy (non-hydrogen) atoms. The summed E-state index contributed by atoms with van der Waals surface area (Å²) in [4.78, 5) is 11.9. The van der Waals surface area contributed by atoms with Crippen molar-refractivity contribution < 1.29 is 9.53 Å². The third-order valence-corrected chi connectivity index (χ3v) is 3.39. The first kappa shape index (κ1) is 17.0. The third-order valence-electron chi connectivity index (χ3n) is 3.18. The number of benzene rings is 2. The van der Waals surface area contributed by atoms with E-state index in [1.165, 1.54) is 0 Å². The summed E-state index contributed by atoms with van der Waals surface area (Å²) in [5.74, 6) is 0.394. The fourth-order valence-corrected chi connectivity index (χ4v) is 2.47. The first-order valence-corrected chi connectivity index (χ1v) is 7.72. The van der Waals surface area contributed by atoms with Crippen molar-refractivity contribution in [1.82, 2.24) is 5.32 Å². The van der Waals surface area contributed by atoms with Crippen LogP contribution in [0.3, 0.4) is 0 Å². The molecule has 0 aromatic heterocycles. The highest BCUT2D eigenvalue weighted by molar-refractivity contribution is 7.80. The Hall–Kier alpha value is -2.40. The summed E-state index contributed by atoms with van der Waals surface area (Å²) in [6, 6.07) is 13.6. The molecular formula is C18H20N2O2S. The molecule has 0 aliphatic rings. The predicted molar refractivity (Wildman–Crippen MR) is 97.0 cm³/mol. The number of thiocarbonyl (C=S) groups is 1. The molecule has 0 radical (unpaired) electrons. The summed E-state index contributed by atoms with van der Waals surface area (Å²) in [5.41, 5.74) is 4.10. The Bertz CT molecular complexity index is 708. The number of anilines is 1. The van der Waals surface area contributed by atoms with E-state index in [4.69, 9.17) is 17.0 Å². The Morgan fingerprint density at radius 1 is 1.09 bits per heavy atom. The minimum atomic E-state index is -0.296. The van der Waals surface area contributed by atoms with Crippen LogP contribution >= 0.6 is 12.2 Å². The smallest absolute Gasteiger partial charge is 0.264 e. The van der Waals surface area contributed by atoms with E-state index in [0.29, 0.717) is 5.75 Å². The molecular weight excluding hydrogens is 308 g/mol. The minimum absolute atomic E-state index is 0.0838. The van der Waals surface area contributed by atoms with Gasteiger partial charge in [-0.25, -0.2) is 0 Å². The highest BCUT2D eigenvalue weighted by atomic mass is 32.1. The number of ether oxygens (including phenoxy) is 1. The third kappa shape index (κ3) is 5.38. The fourth-order valence-electron chi connectivity index (χ4n) is 2.23. The number of carbonyl (C=O) groups excluding carboxylic acids is 1. The van der Waals surface area contributed by atoms with Crippen LogP contribution in [0, 0.1) is 20.8 Å². The highest BCUT2D eigenvalue weighted by Gasteiger charge is 2.07. The quantitative estimate of drug-likeness (QED) is 0.844. The van der Waals surface area contributed by atoms with Gasteiger partial charge in [-0.2, -0.15) is 0 Å². The van der Waals surface area contributed by atoms with Gasteiger partial charge in [0, 0.05) is 5.69 Å². The van der Waals surface area contributed by atoms with Gasteiger partial charge in [-0.15, -0.1) is 0 Å². The Morgan fingerprint density at radius 3 is 2.39 bits per heavy atom. The van der Waals surface area contributed by atoms with Crippen LogP contribution in [0.25, 0.3) is 0 Å². The van der Waals surface area contributed by atoms with E-state index < -0.39 is 0 Å². The van der Waals surface area contributed by atoms with E-state index in [9.17, 15) is 4.79 Å². The van der Waals surface area contributed by atoms with Crippen molar-refractivity contribution >= 4 is 28.9 Å².